The summed E-state index contributed by atoms with van der Waals surface area (Å²) in [6, 6.07) is 9.45. The molecule has 2 atom stereocenters. The molecule has 1 heterocycles. The molecule has 2 aromatic rings. The van der Waals surface area contributed by atoms with E-state index < -0.39 is 12.2 Å². The molecule has 0 aliphatic carbocycles. The molecule has 20 heavy (non-hydrogen) atoms. The minimum absolute atomic E-state index is 0.453. The molecule has 0 fully saturated rings. The summed E-state index contributed by atoms with van der Waals surface area (Å²) in [5.74, 6) is 0.537. The van der Waals surface area contributed by atoms with Crippen molar-refractivity contribution in [1.82, 2.24) is 9.78 Å². The van der Waals surface area contributed by atoms with E-state index in [1.54, 1.807) is 0 Å². The fourth-order valence-electron chi connectivity index (χ4n) is 2.24. The smallest absolute Gasteiger partial charge is 0.105 e. The van der Waals surface area contributed by atoms with Crippen LogP contribution in [-0.4, -0.2) is 31.9 Å². The number of aliphatic hydroxyl groups is 2. The fourth-order valence-corrected chi connectivity index (χ4v) is 2.51. The molecule has 0 saturated heterocycles. The van der Waals surface area contributed by atoms with E-state index in [1.165, 1.54) is 0 Å². The minimum Gasteiger partial charge on any atom is -0.390 e. The summed E-state index contributed by atoms with van der Waals surface area (Å²) >= 11 is 4.08. The zero-order valence-electron chi connectivity index (χ0n) is 11.7. The highest BCUT2D eigenvalue weighted by Gasteiger charge is 2.18. The Hall–Kier alpha value is -1.30. The van der Waals surface area contributed by atoms with Gasteiger partial charge in [0.05, 0.1) is 17.5 Å². The van der Waals surface area contributed by atoms with Gasteiger partial charge in [-0.15, -0.1) is 0 Å². The predicted octanol–water partition coefficient (Wildman–Crippen LogP) is 2.20. The Morgan fingerprint density at radius 3 is 2.60 bits per heavy atom. The molecular weight excluding hydrogens is 272 g/mol. The molecule has 1 aromatic heterocycles. The lowest BCUT2D eigenvalue weighted by atomic mass is 10.0. The third kappa shape index (κ3) is 3.23. The molecule has 2 unspecified atom stereocenters. The molecule has 5 heteroatoms. The maximum atomic E-state index is 10.2. The van der Waals surface area contributed by atoms with Gasteiger partial charge in [0.1, 0.15) is 6.10 Å². The van der Waals surface area contributed by atoms with Gasteiger partial charge in [0.2, 0.25) is 0 Å². The van der Waals surface area contributed by atoms with E-state index in [1.807, 2.05) is 48.9 Å². The minimum atomic E-state index is -0.904. The first-order chi connectivity index (χ1) is 9.52. The number of thiol groups is 1. The molecule has 0 amide bonds. The first-order valence-corrected chi connectivity index (χ1v) is 7.26. The van der Waals surface area contributed by atoms with Crippen LogP contribution in [0.1, 0.15) is 29.5 Å². The zero-order chi connectivity index (χ0) is 14.7. The van der Waals surface area contributed by atoms with Crippen LogP contribution in [0.5, 0.6) is 0 Å². The quantitative estimate of drug-likeness (QED) is 0.741. The molecule has 0 radical (unpaired) electrons. The van der Waals surface area contributed by atoms with Crippen LogP contribution in [0.25, 0.3) is 5.69 Å². The number of rotatable bonds is 5. The summed E-state index contributed by atoms with van der Waals surface area (Å²) in [4.78, 5) is 0. The largest absolute Gasteiger partial charge is 0.390 e. The average molecular weight is 292 g/mol. The van der Waals surface area contributed by atoms with Gasteiger partial charge in [-0.2, -0.15) is 17.7 Å². The zero-order valence-corrected chi connectivity index (χ0v) is 12.6. The number of aryl methyl sites for hydroxylation is 2. The summed E-state index contributed by atoms with van der Waals surface area (Å²) in [6.07, 6.45) is -1.25. The first-order valence-electron chi connectivity index (χ1n) is 6.63. The van der Waals surface area contributed by atoms with E-state index in [2.05, 4.69) is 17.7 Å². The van der Waals surface area contributed by atoms with Crippen molar-refractivity contribution in [3.8, 4) is 5.69 Å². The van der Waals surface area contributed by atoms with Crippen LogP contribution in [-0.2, 0) is 0 Å². The first kappa shape index (κ1) is 15.1. The number of hydrogen-bond acceptors (Lipinski definition) is 4. The summed E-state index contributed by atoms with van der Waals surface area (Å²) in [5.41, 5.74) is 3.54. The van der Waals surface area contributed by atoms with Crippen LogP contribution in [0.3, 0.4) is 0 Å². The van der Waals surface area contributed by atoms with Crippen molar-refractivity contribution in [1.29, 1.82) is 0 Å². The average Bonchev–Trinajstić information content (AvgIpc) is 2.77. The van der Waals surface area contributed by atoms with Gasteiger partial charge < -0.3 is 10.2 Å². The van der Waals surface area contributed by atoms with Gasteiger partial charge in [-0.05, 0) is 49.8 Å². The van der Waals surface area contributed by atoms with E-state index in [-0.39, 0.29) is 0 Å². The number of nitrogens with zero attached hydrogens (tertiary/aromatic N) is 2. The Morgan fingerprint density at radius 2 is 2.00 bits per heavy atom. The van der Waals surface area contributed by atoms with Crippen molar-refractivity contribution in [3.05, 3.63) is 47.3 Å². The Balaban J connectivity index is 2.30. The number of aromatic nitrogens is 2. The summed E-state index contributed by atoms with van der Waals surface area (Å²) in [6.45, 7) is 3.93. The second-order valence-electron chi connectivity index (χ2n) is 4.96. The molecule has 0 spiro atoms. The summed E-state index contributed by atoms with van der Waals surface area (Å²) in [7, 11) is 0. The predicted molar refractivity (Wildman–Crippen MR) is 82.5 cm³/mol. The van der Waals surface area contributed by atoms with Crippen molar-refractivity contribution >= 4 is 12.6 Å². The molecule has 2 N–H and O–H groups in total. The van der Waals surface area contributed by atoms with Crippen molar-refractivity contribution in [2.75, 3.05) is 5.75 Å². The highest BCUT2D eigenvalue weighted by Crippen LogP contribution is 2.22. The van der Waals surface area contributed by atoms with E-state index in [4.69, 9.17) is 0 Å². The van der Waals surface area contributed by atoms with Gasteiger partial charge in [-0.3, -0.25) is 0 Å². The molecule has 0 saturated carbocycles. The van der Waals surface area contributed by atoms with Crippen molar-refractivity contribution in [2.45, 2.75) is 32.5 Å². The van der Waals surface area contributed by atoms with Crippen LogP contribution < -0.4 is 0 Å². The van der Waals surface area contributed by atoms with Crippen LogP contribution in [0, 0.1) is 13.8 Å². The highest BCUT2D eigenvalue weighted by atomic mass is 32.1. The van der Waals surface area contributed by atoms with Gasteiger partial charge in [-0.25, -0.2) is 4.68 Å². The molecule has 0 aliphatic heterocycles. The second kappa shape index (κ2) is 6.43. The molecule has 0 bridgehead atoms. The Bertz CT molecular complexity index is 583. The monoisotopic (exact) mass is 292 g/mol. The third-order valence-electron chi connectivity index (χ3n) is 3.26. The lowest BCUT2D eigenvalue weighted by Crippen LogP contribution is -2.18. The van der Waals surface area contributed by atoms with Crippen molar-refractivity contribution in [3.63, 3.8) is 0 Å². The topological polar surface area (TPSA) is 58.3 Å². The Morgan fingerprint density at radius 1 is 1.25 bits per heavy atom. The van der Waals surface area contributed by atoms with E-state index in [0.717, 1.165) is 17.1 Å². The van der Waals surface area contributed by atoms with Crippen LogP contribution in [0.4, 0.5) is 0 Å². The normalized spacial score (nSPS) is 14.2. The number of aliphatic hydroxyl groups excluding tert-OH is 2. The standard InChI is InChI=1S/C15H20N2O2S/c1-10-8-11(2)17(16-10)13-5-3-4-12(9-13)15(19)14(18)6-7-20/h3-5,8-9,14-15,18-20H,6-7H2,1-2H3. The molecule has 2 rings (SSSR count). The van der Waals surface area contributed by atoms with Crippen LogP contribution in [0.2, 0.25) is 0 Å². The van der Waals surface area contributed by atoms with Gasteiger partial charge in [0.25, 0.3) is 0 Å². The van der Waals surface area contributed by atoms with E-state index in [9.17, 15) is 10.2 Å². The van der Waals surface area contributed by atoms with Gasteiger partial charge in [-0.1, -0.05) is 12.1 Å². The van der Waals surface area contributed by atoms with Crippen molar-refractivity contribution < 1.29 is 10.2 Å². The van der Waals surface area contributed by atoms with Crippen LogP contribution >= 0.6 is 12.6 Å². The highest BCUT2D eigenvalue weighted by molar-refractivity contribution is 7.80. The molecule has 0 aliphatic rings. The molecular formula is C15H20N2O2S. The maximum Gasteiger partial charge on any atom is 0.105 e. The SMILES string of the molecule is Cc1cc(C)n(-c2cccc(C(O)C(O)CCS)c2)n1. The fraction of sp³-hybridized carbons (Fsp3) is 0.400. The number of hydrogen-bond donors (Lipinski definition) is 3. The van der Waals surface area contributed by atoms with E-state index >= 15 is 0 Å². The Kier molecular flexibility index (Phi) is 4.86. The molecule has 108 valence electrons. The summed E-state index contributed by atoms with van der Waals surface area (Å²) in [5, 5.41) is 24.4. The lowest BCUT2D eigenvalue weighted by Gasteiger charge is -2.18. The third-order valence-corrected chi connectivity index (χ3v) is 3.51. The molecule has 1 aromatic carbocycles. The van der Waals surface area contributed by atoms with Crippen LogP contribution in [0.15, 0.2) is 30.3 Å². The van der Waals surface area contributed by atoms with Crippen molar-refractivity contribution in [2.24, 2.45) is 0 Å². The van der Waals surface area contributed by atoms with Gasteiger partial charge in [0.15, 0.2) is 0 Å². The summed E-state index contributed by atoms with van der Waals surface area (Å²) < 4.78 is 1.83. The molecule has 4 nitrogen and oxygen atoms in total. The number of benzene rings is 1. The van der Waals surface area contributed by atoms with E-state index in [0.29, 0.717) is 17.7 Å². The Labute approximate surface area is 124 Å². The second-order valence-corrected chi connectivity index (χ2v) is 5.41. The van der Waals surface area contributed by atoms with Gasteiger partial charge >= 0.3 is 0 Å². The maximum absolute atomic E-state index is 10.2. The lowest BCUT2D eigenvalue weighted by molar-refractivity contribution is 0.0172. The van der Waals surface area contributed by atoms with Gasteiger partial charge in [0, 0.05) is 5.69 Å².